The first kappa shape index (κ1) is 16.2. The lowest BCUT2D eigenvalue weighted by atomic mass is 10.1. The maximum Gasteiger partial charge on any atom is 0.268 e. The zero-order chi connectivity index (χ0) is 17.1. The summed E-state index contributed by atoms with van der Waals surface area (Å²) in [6, 6.07) is 7.43. The number of nitrogens with one attached hydrogen (secondary N) is 2. The summed E-state index contributed by atoms with van der Waals surface area (Å²) in [4.78, 5) is 15.4. The van der Waals surface area contributed by atoms with Gasteiger partial charge in [-0.3, -0.25) is 4.79 Å². The van der Waals surface area contributed by atoms with Crippen molar-refractivity contribution < 1.29 is 19.0 Å². The van der Waals surface area contributed by atoms with Gasteiger partial charge in [0, 0.05) is 12.1 Å². The fraction of sp³-hybridized carbons (Fsp3) is 0.235. The van der Waals surface area contributed by atoms with Gasteiger partial charge in [0.05, 0.1) is 31.5 Å². The fourth-order valence-electron chi connectivity index (χ4n) is 2.54. The molecule has 6 nitrogen and oxygen atoms in total. The van der Waals surface area contributed by atoms with Gasteiger partial charge >= 0.3 is 0 Å². The van der Waals surface area contributed by atoms with Crippen LogP contribution in [0.2, 0.25) is 0 Å². The zero-order valence-electron chi connectivity index (χ0n) is 13.6. The van der Waals surface area contributed by atoms with E-state index in [2.05, 4.69) is 10.3 Å². The van der Waals surface area contributed by atoms with Gasteiger partial charge < -0.3 is 24.5 Å². The Morgan fingerprint density at radius 3 is 2.58 bits per heavy atom. The third-order valence-corrected chi connectivity index (χ3v) is 4.57. The van der Waals surface area contributed by atoms with Crippen LogP contribution in [0.3, 0.4) is 0 Å². The van der Waals surface area contributed by atoms with Gasteiger partial charge in [0.2, 0.25) is 5.75 Å². The zero-order valence-corrected chi connectivity index (χ0v) is 14.5. The van der Waals surface area contributed by atoms with Crippen molar-refractivity contribution in [2.24, 2.45) is 0 Å². The van der Waals surface area contributed by atoms with E-state index in [1.54, 1.807) is 38.7 Å². The normalized spacial score (nSPS) is 10.6. The van der Waals surface area contributed by atoms with Crippen LogP contribution in [0.1, 0.15) is 16.1 Å². The summed E-state index contributed by atoms with van der Waals surface area (Å²) in [6.45, 7) is 0.315. The monoisotopic (exact) mass is 346 g/mol. The number of fused-ring (bicyclic) bond motifs is 1. The topological polar surface area (TPSA) is 72.6 Å². The maximum absolute atomic E-state index is 12.3. The van der Waals surface area contributed by atoms with Gasteiger partial charge in [-0.15, -0.1) is 11.3 Å². The highest BCUT2D eigenvalue weighted by molar-refractivity contribution is 7.17. The first-order valence-corrected chi connectivity index (χ1v) is 8.18. The quantitative estimate of drug-likeness (QED) is 0.719. The lowest BCUT2D eigenvalue weighted by Gasteiger charge is -2.16. The average molecular weight is 346 g/mol. The Kier molecular flexibility index (Phi) is 4.61. The summed E-state index contributed by atoms with van der Waals surface area (Å²) in [5, 5.41) is 4.87. The standard InChI is InChI=1S/C17H18N2O4S/c1-21-13-5-4-10(15(22-2)16(13)23-3)9-18-17(20)12-8-14-11(19-12)6-7-24-14/h4-8,19H,9H2,1-3H3,(H,18,20). The van der Waals surface area contributed by atoms with Gasteiger partial charge in [0.1, 0.15) is 5.69 Å². The molecule has 0 unspecified atom stereocenters. The molecule has 2 heterocycles. The molecule has 0 aliphatic carbocycles. The first-order chi connectivity index (χ1) is 11.7. The van der Waals surface area contributed by atoms with Crippen LogP contribution >= 0.6 is 11.3 Å². The number of amides is 1. The van der Waals surface area contributed by atoms with Crippen molar-refractivity contribution in [1.29, 1.82) is 0 Å². The molecule has 1 aromatic carbocycles. The number of benzene rings is 1. The molecule has 1 amide bonds. The molecule has 126 valence electrons. The van der Waals surface area contributed by atoms with Gasteiger partial charge in [-0.1, -0.05) is 0 Å². The van der Waals surface area contributed by atoms with E-state index in [9.17, 15) is 4.79 Å². The summed E-state index contributed by atoms with van der Waals surface area (Å²) in [6.07, 6.45) is 0. The van der Waals surface area contributed by atoms with Crippen LogP contribution in [0, 0.1) is 0 Å². The highest BCUT2D eigenvalue weighted by Crippen LogP contribution is 2.39. The third-order valence-electron chi connectivity index (χ3n) is 3.71. The van der Waals surface area contributed by atoms with Crippen LogP contribution in [0.5, 0.6) is 17.2 Å². The summed E-state index contributed by atoms with van der Waals surface area (Å²) in [7, 11) is 4.67. The van der Waals surface area contributed by atoms with E-state index in [4.69, 9.17) is 14.2 Å². The van der Waals surface area contributed by atoms with E-state index in [0.717, 1.165) is 15.8 Å². The van der Waals surface area contributed by atoms with Crippen LogP contribution in [-0.4, -0.2) is 32.2 Å². The molecule has 3 rings (SSSR count). The fourth-order valence-corrected chi connectivity index (χ4v) is 3.33. The number of hydrogen-bond acceptors (Lipinski definition) is 5. The minimum Gasteiger partial charge on any atom is -0.493 e. The third kappa shape index (κ3) is 2.90. The van der Waals surface area contributed by atoms with E-state index in [1.807, 2.05) is 23.6 Å². The molecule has 7 heteroatoms. The van der Waals surface area contributed by atoms with E-state index in [0.29, 0.717) is 29.5 Å². The van der Waals surface area contributed by atoms with Gasteiger partial charge in [-0.05, 0) is 29.6 Å². The molecular formula is C17H18N2O4S. The molecule has 0 spiro atoms. The van der Waals surface area contributed by atoms with Crippen molar-refractivity contribution in [2.75, 3.05) is 21.3 Å². The Bertz CT molecular complexity index is 840. The summed E-state index contributed by atoms with van der Waals surface area (Å²) < 4.78 is 17.1. The molecule has 0 atom stereocenters. The SMILES string of the molecule is COc1ccc(CNC(=O)c2cc3sccc3[nH]2)c(OC)c1OC. The second-order valence-corrected chi connectivity index (χ2v) is 6.01. The molecule has 0 fully saturated rings. The molecule has 2 N–H and O–H groups in total. The van der Waals surface area contributed by atoms with Crippen LogP contribution in [0.25, 0.3) is 10.2 Å². The molecule has 0 saturated carbocycles. The van der Waals surface area contributed by atoms with E-state index in [-0.39, 0.29) is 5.91 Å². The molecule has 0 aliphatic rings. The first-order valence-electron chi connectivity index (χ1n) is 7.30. The van der Waals surface area contributed by atoms with Crippen molar-refractivity contribution in [2.45, 2.75) is 6.54 Å². The number of aromatic nitrogens is 1. The molecule has 0 aliphatic heterocycles. The number of H-pyrrole nitrogens is 1. The minimum atomic E-state index is -0.171. The predicted molar refractivity (Wildman–Crippen MR) is 93.4 cm³/mol. The van der Waals surface area contributed by atoms with Crippen LogP contribution in [0.4, 0.5) is 0 Å². The number of thiophene rings is 1. The predicted octanol–water partition coefficient (Wildman–Crippen LogP) is 3.19. The number of ether oxygens (including phenoxy) is 3. The summed E-state index contributed by atoms with van der Waals surface area (Å²) >= 11 is 1.59. The second-order valence-electron chi connectivity index (χ2n) is 5.06. The lowest BCUT2D eigenvalue weighted by Crippen LogP contribution is -2.23. The van der Waals surface area contributed by atoms with Crippen LogP contribution in [-0.2, 0) is 6.54 Å². The lowest BCUT2D eigenvalue weighted by molar-refractivity contribution is 0.0946. The van der Waals surface area contributed by atoms with Crippen LogP contribution < -0.4 is 19.5 Å². The van der Waals surface area contributed by atoms with Gasteiger partial charge in [-0.2, -0.15) is 0 Å². The maximum atomic E-state index is 12.3. The highest BCUT2D eigenvalue weighted by atomic mass is 32.1. The number of rotatable bonds is 6. The smallest absolute Gasteiger partial charge is 0.268 e. The van der Waals surface area contributed by atoms with E-state index < -0.39 is 0 Å². The van der Waals surface area contributed by atoms with Gasteiger partial charge in [0.15, 0.2) is 11.5 Å². The summed E-state index contributed by atoms with van der Waals surface area (Å²) in [5.74, 6) is 1.46. The van der Waals surface area contributed by atoms with Crippen LogP contribution in [0.15, 0.2) is 29.6 Å². The second kappa shape index (κ2) is 6.84. The molecule has 0 radical (unpaired) electrons. The largest absolute Gasteiger partial charge is 0.493 e. The molecular weight excluding hydrogens is 328 g/mol. The Morgan fingerprint density at radius 1 is 1.12 bits per heavy atom. The Labute approximate surface area is 143 Å². The minimum absolute atomic E-state index is 0.171. The number of aromatic amines is 1. The molecule has 0 bridgehead atoms. The van der Waals surface area contributed by atoms with Crippen molar-refractivity contribution >= 4 is 27.5 Å². The van der Waals surface area contributed by atoms with Crippen molar-refractivity contribution in [3.8, 4) is 17.2 Å². The highest BCUT2D eigenvalue weighted by Gasteiger charge is 2.17. The number of hydrogen-bond donors (Lipinski definition) is 2. The van der Waals surface area contributed by atoms with Gasteiger partial charge in [-0.25, -0.2) is 0 Å². The Morgan fingerprint density at radius 2 is 1.92 bits per heavy atom. The average Bonchev–Trinajstić information content (AvgIpc) is 3.20. The number of carbonyl (C=O) groups excluding carboxylic acids is 1. The number of carbonyl (C=O) groups is 1. The molecule has 3 aromatic rings. The molecule has 0 saturated heterocycles. The summed E-state index contributed by atoms with van der Waals surface area (Å²) in [5.41, 5.74) is 2.31. The number of methoxy groups -OCH3 is 3. The Hall–Kier alpha value is -2.67. The van der Waals surface area contributed by atoms with Crippen molar-refractivity contribution in [3.63, 3.8) is 0 Å². The van der Waals surface area contributed by atoms with Gasteiger partial charge in [0.25, 0.3) is 5.91 Å². The molecule has 2 aromatic heterocycles. The van der Waals surface area contributed by atoms with Crippen molar-refractivity contribution in [3.05, 3.63) is 40.9 Å². The Balaban J connectivity index is 1.78. The molecule has 24 heavy (non-hydrogen) atoms. The van der Waals surface area contributed by atoms with E-state index in [1.165, 1.54) is 0 Å². The van der Waals surface area contributed by atoms with E-state index >= 15 is 0 Å². The van der Waals surface area contributed by atoms with Crippen molar-refractivity contribution in [1.82, 2.24) is 10.3 Å².